The molecule has 3 N–H and O–H groups in total. The molecule has 0 unspecified atom stereocenters. The fourth-order valence-electron chi connectivity index (χ4n) is 2.55. The predicted molar refractivity (Wildman–Crippen MR) is 74.2 cm³/mol. The maximum atomic E-state index is 5.74. The standard InChI is InChI=1S/C14H23N3/c1-17(14-7-2-3-8-14)10-9-16-13-6-4-5-12(15)11-13/h4-6,11,14,16H,2-3,7-10,15H2,1H3. The van der Waals surface area contributed by atoms with Crippen LogP contribution < -0.4 is 11.1 Å². The summed E-state index contributed by atoms with van der Waals surface area (Å²) in [5.41, 5.74) is 7.67. The maximum absolute atomic E-state index is 5.74. The Morgan fingerprint density at radius 2 is 2.12 bits per heavy atom. The number of nitrogens with one attached hydrogen (secondary N) is 1. The minimum atomic E-state index is 0.803. The van der Waals surface area contributed by atoms with Crippen molar-refractivity contribution in [3.05, 3.63) is 24.3 Å². The van der Waals surface area contributed by atoms with Gasteiger partial charge in [-0.05, 0) is 38.1 Å². The van der Waals surface area contributed by atoms with E-state index in [0.29, 0.717) is 0 Å². The number of anilines is 2. The first-order valence-corrected chi connectivity index (χ1v) is 6.55. The molecule has 0 heterocycles. The summed E-state index contributed by atoms with van der Waals surface area (Å²) in [5, 5.41) is 3.42. The number of likely N-dealkylation sites (N-methyl/N-ethyl adjacent to an activating group) is 1. The van der Waals surface area contributed by atoms with Gasteiger partial charge in [-0.2, -0.15) is 0 Å². The van der Waals surface area contributed by atoms with Gasteiger partial charge in [0.25, 0.3) is 0 Å². The normalized spacial score (nSPS) is 16.6. The van der Waals surface area contributed by atoms with Gasteiger partial charge in [-0.3, -0.25) is 0 Å². The highest BCUT2D eigenvalue weighted by Crippen LogP contribution is 2.22. The number of nitrogen functional groups attached to an aromatic ring is 1. The molecular weight excluding hydrogens is 210 g/mol. The molecule has 0 amide bonds. The number of hydrogen-bond donors (Lipinski definition) is 2. The first-order chi connectivity index (χ1) is 8.25. The molecule has 0 atom stereocenters. The Hall–Kier alpha value is -1.22. The molecule has 1 aliphatic rings. The van der Waals surface area contributed by atoms with E-state index in [1.165, 1.54) is 25.7 Å². The van der Waals surface area contributed by atoms with Gasteiger partial charge in [-0.1, -0.05) is 18.9 Å². The van der Waals surface area contributed by atoms with Crippen LogP contribution in [-0.2, 0) is 0 Å². The monoisotopic (exact) mass is 233 g/mol. The summed E-state index contributed by atoms with van der Waals surface area (Å²) in [6.45, 7) is 2.08. The van der Waals surface area contributed by atoms with Crippen LogP contribution in [0.1, 0.15) is 25.7 Å². The van der Waals surface area contributed by atoms with Gasteiger partial charge in [-0.25, -0.2) is 0 Å². The topological polar surface area (TPSA) is 41.3 Å². The highest BCUT2D eigenvalue weighted by atomic mass is 15.1. The summed E-state index contributed by atoms with van der Waals surface area (Å²) in [7, 11) is 2.23. The molecule has 3 heteroatoms. The van der Waals surface area contributed by atoms with Crippen LogP contribution in [0.25, 0.3) is 0 Å². The number of nitrogens with two attached hydrogens (primary N) is 1. The Kier molecular flexibility index (Phi) is 4.26. The van der Waals surface area contributed by atoms with Crippen LogP contribution in [-0.4, -0.2) is 31.1 Å². The lowest BCUT2D eigenvalue weighted by molar-refractivity contribution is 0.254. The van der Waals surface area contributed by atoms with Crippen molar-refractivity contribution in [3.8, 4) is 0 Å². The summed E-state index contributed by atoms with van der Waals surface area (Å²) in [6.07, 6.45) is 5.54. The van der Waals surface area contributed by atoms with E-state index in [2.05, 4.69) is 23.3 Å². The number of rotatable bonds is 5. The largest absolute Gasteiger partial charge is 0.399 e. The summed E-state index contributed by atoms with van der Waals surface area (Å²) >= 11 is 0. The van der Waals surface area contributed by atoms with Crippen LogP contribution in [0.3, 0.4) is 0 Å². The van der Waals surface area contributed by atoms with Gasteiger partial charge >= 0.3 is 0 Å². The van der Waals surface area contributed by atoms with Crippen LogP contribution in [0, 0.1) is 0 Å². The van der Waals surface area contributed by atoms with E-state index < -0.39 is 0 Å². The van der Waals surface area contributed by atoms with Crippen LogP contribution in [0.5, 0.6) is 0 Å². The number of hydrogen-bond acceptors (Lipinski definition) is 3. The molecule has 0 saturated heterocycles. The van der Waals surface area contributed by atoms with Crippen LogP contribution >= 0.6 is 0 Å². The zero-order chi connectivity index (χ0) is 12.1. The average molecular weight is 233 g/mol. The zero-order valence-electron chi connectivity index (χ0n) is 10.7. The lowest BCUT2D eigenvalue weighted by Gasteiger charge is -2.24. The first-order valence-electron chi connectivity index (χ1n) is 6.55. The van der Waals surface area contributed by atoms with E-state index in [1.54, 1.807) is 0 Å². The van der Waals surface area contributed by atoms with Crippen molar-refractivity contribution >= 4 is 11.4 Å². The minimum Gasteiger partial charge on any atom is -0.399 e. The van der Waals surface area contributed by atoms with E-state index in [0.717, 1.165) is 30.5 Å². The van der Waals surface area contributed by atoms with Gasteiger partial charge in [-0.15, -0.1) is 0 Å². The van der Waals surface area contributed by atoms with E-state index in [4.69, 9.17) is 5.73 Å². The van der Waals surface area contributed by atoms with Gasteiger partial charge in [0, 0.05) is 30.5 Å². The van der Waals surface area contributed by atoms with E-state index >= 15 is 0 Å². The Labute approximate surface area is 104 Å². The molecule has 1 aromatic rings. The van der Waals surface area contributed by atoms with Crippen molar-refractivity contribution in [1.82, 2.24) is 4.90 Å². The molecule has 1 aromatic carbocycles. The molecule has 1 saturated carbocycles. The smallest absolute Gasteiger partial charge is 0.0361 e. The third-order valence-corrected chi connectivity index (χ3v) is 3.63. The lowest BCUT2D eigenvalue weighted by atomic mass is 10.2. The highest BCUT2D eigenvalue weighted by molar-refractivity contribution is 5.53. The molecular formula is C14H23N3. The van der Waals surface area contributed by atoms with Crippen molar-refractivity contribution < 1.29 is 0 Å². The van der Waals surface area contributed by atoms with Gasteiger partial charge in [0.05, 0.1) is 0 Å². The Balaban J connectivity index is 1.71. The second-order valence-electron chi connectivity index (χ2n) is 4.97. The Morgan fingerprint density at radius 1 is 1.35 bits per heavy atom. The van der Waals surface area contributed by atoms with Crippen molar-refractivity contribution in [1.29, 1.82) is 0 Å². The fourth-order valence-corrected chi connectivity index (χ4v) is 2.55. The lowest BCUT2D eigenvalue weighted by Crippen LogP contribution is -2.33. The third kappa shape index (κ3) is 3.63. The molecule has 0 aliphatic heterocycles. The third-order valence-electron chi connectivity index (χ3n) is 3.63. The van der Waals surface area contributed by atoms with Crippen LogP contribution in [0.15, 0.2) is 24.3 Å². The van der Waals surface area contributed by atoms with E-state index in [9.17, 15) is 0 Å². The fraction of sp³-hybridized carbons (Fsp3) is 0.571. The summed E-state index contributed by atoms with van der Waals surface area (Å²) in [6, 6.07) is 8.74. The van der Waals surface area contributed by atoms with Gasteiger partial charge in [0.15, 0.2) is 0 Å². The van der Waals surface area contributed by atoms with Crippen molar-refractivity contribution in [2.45, 2.75) is 31.7 Å². The molecule has 1 aliphatic carbocycles. The Bertz CT molecular complexity index is 345. The van der Waals surface area contributed by atoms with Crippen molar-refractivity contribution in [2.24, 2.45) is 0 Å². The second kappa shape index (κ2) is 5.92. The van der Waals surface area contributed by atoms with Crippen LogP contribution in [0.4, 0.5) is 11.4 Å². The molecule has 0 bridgehead atoms. The molecule has 0 radical (unpaired) electrons. The quantitative estimate of drug-likeness (QED) is 0.768. The molecule has 94 valence electrons. The van der Waals surface area contributed by atoms with E-state index in [-0.39, 0.29) is 0 Å². The zero-order valence-corrected chi connectivity index (χ0v) is 10.7. The first kappa shape index (κ1) is 12.2. The summed E-state index contributed by atoms with van der Waals surface area (Å²) in [4.78, 5) is 2.48. The Morgan fingerprint density at radius 3 is 2.82 bits per heavy atom. The average Bonchev–Trinajstić information content (AvgIpc) is 2.82. The maximum Gasteiger partial charge on any atom is 0.0361 e. The number of nitrogens with zero attached hydrogens (tertiary/aromatic N) is 1. The molecule has 0 spiro atoms. The minimum absolute atomic E-state index is 0.803. The second-order valence-corrected chi connectivity index (χ2v) is 4.97. The van der Waals surface area contributed by atoms with Crippen molar-refractivity contribution in [2.75, 3.05) is 31.2 Å². The molecule has 2 rings (SSSR count). The van der Waals surface area contributed by atoms with Gasteiger partial charge in [0.2, 0.25) is 0 Å². The molecule has 3 nitrogen and oxygen atoms in total. The summed E-state index contributed by atoms with van der Waals surface area (Å²) in [5.74, 6) is 0. The highest BCUT2D eigenvalue weighted by Gasteiger charge is 2.18. The molecule has 0 aromatic heterocycles. The molecule has 17 heavy (non-hydrogen) atoms. The number of benzene rings is 1. The van der Waals surface area contributed by atoms with Crippen molar-refractivity contribution in [3.63, 3.8) is 0 Å². The van der Waals surface area contributed by atoms with Gasteiger partial charge < -0.3 is 16.0 Å². The van der Waals surface area contributed by atoms with E-state index in [1.807, 2.05) is 18.2 Å². The van der Waals surface area contributed by atoms with Crippen LogP contribution in [0.2, 0.25) is 0 Å². The predicted octanol–water partition coefficient (Wildman–Crippen LogP) is 2.56. The molecule has 1 fully saturated rings. The SMILES string of the molecule is CN(CCNc1cccc(N)c1)C1CCCC1. The summed E-state index contributed by atoms with van der Waals surface area (Å²) < 4.78 is 0. The van der Waals surface area contributed by atoms with Gasteiger partial charge in [0.1, 0.15) is 0 Å².